The van der Waals surface area contributed by atoms with Crippen molar-refractivity contribution in [3.05, 3.63) is 71.7 Å². The second-order valence-electron chi connectivity index (χ2n) is 8.18. The topological polar surface area (TPSA) is 73.2 Å². The Kier molecular flexibility index (Phi) is 5.93. The molecule has 0 spiro atoms. The van der Waals surface area contributed by atoms with Crippen molar-refractivity contribution in [1.82, 2.24) is 14.5 Å². The zero-order valence-electron chi connectivity index (χ0n) is 18.6. The number of nitrogens with one attached hydrogen (secondary N) is 2. The summed E-state index contributed by atoms with van der Waals surface area (Å²) in [5, 5.41) is 6.45. The fourth-order valence-corrected chi connectivity index (χ4v) is 3.63. The summed E-state index contributed by atoms with van der Waals surface area (Å²) in [5.74, 6) is 0.594. The summed E-state index contributed by atoms with van der Waals surface area (Å²) < 4.78 is 65.0. The summed E-state index contributed by atoms with van der Waals surface area (Å²) in [4.78, 5) is 8.09. The van der Waals surface area contributed by atoms with Crippen LogP contribution in [0.1, 0.15) is 11.1 Å². The van der Waals surface area contributed by atoms with E-state index in [1.807, 2.05) is 6.07 Å². The number of pyridine rings is 1. The highest BCUT2D eigenvalue weighted by Gasteiger charge is 2.30. The predicted molar refractivity (Wildman–Crippen MR) is 122 cm³/mol. The molecule has 1 fully saturated rings. The van der Waals surface area contributed by atoms with Crippen LogP contribution >= 0.6 is 0 Å². The lowest BCUT2D eigenvalue weighted by Gasteiger charge is -2.27. The number of alkyl halides is 3. The van der Waals surface area contributed by atoms with Crippen LogP contribution in [0.5, 0.6) is 11.6 Å². The van der Waals surface area contributed by atoms with Crippen molar-refractivity contribution >= 4 is 22.7 Å². The smallest absolute Gasteiger partial charge is 0.417 e. The maximum atomic E-state index is 14.6. The second-order valence-corrected chi connectivity index (χ2v) is 8.18. The normalized spacial score (nSPS) is 14.1. The van der Waals surface area contributed by atoms with Crippen LogP contribution in [0, 0.1) is 5.82 Å². The van der Waals surface area contributed by atoms with E-state index in [1.54, 1.807) is 35.9 Å². The number of imidazole rings is 1. The Morgan fingerprint density at radius 2 is 1.89 bits per heavy atom. The van der Waals surface area contributed by atoms with Gasteiger partial charge in [-0.25, -0.2) is 14.4 Å². The van der Waals surface area contributed by atoms with Crippen LogP contribution in [0.4, 0.5) is 29.2 Å². The Morgan fingerprint density at radius 1 is 1.11 bits per heavy atom. The fraction of sp³-hybridized carbons (Fsp3) is 0.250. The molecule has 0 unspecified atom stereocenters. The van der Waals surface area contributed by atoms with Crippen LogP contribution in [0.15, 0.2) is 54.7 Å². The molecule has 7 nitrogen and oxygen atoms in total. The molecule has 0 saturated carbocycles. The highest BCUT2D eigenvalue weighted by Crippen LogP contribution is 2.30. The summed E-state index contributed by atoms with van der Waals surface area (Å²) in [6.45, 7) is 1.62. The van der Waals surface area contributed by atoms with Crippen LogP contribution in [-0.4, -0.2) is 33.8 Å². The maximum Gasteiger partial charge on any atom is 0.417 e. The van der Waals surface area contributed by atoms with Gasteiger partial charge in [0, 0.05) is 31.5 Å². The van der Waals surface area contributed by atoms with Crippen molar-refractivity contribution < 1.29 is 27.0 Å². The van der Waals surface area contributed by atoms with Crippen LogP contribution < -0.4 is 15.4 Å². The molecule has 2 N–H and O–H groups in total. The zero-order chi connectivity index (χ0) is 24.6. The number of hydrogen-bond donors (Lipinski definition) is 2. The molecule has 35 heavy (non-hydrogen) atoms. The third-order valence-electron chi connectivity index (χ3n) is 5.61. The monoisotopic (exact) mass is 487 g/mol. The number of hydrogen-bond acceptors (Lipinski definition) is 6. The van der Waals surface area contributed by atoms with E-state index in [1.165, 1.54) is 12.1 Å². The molecule has 182 valence electrons. The number of aromatic nitrogens is 3. The summed E-state index contributed by atoms with van der Waals surface area (Å²) in [5.41, 5.74) is 1.67. The second kappa shape index (κ2) is 9.06. The van der Waals surface area contributed by atoms with E-state index in [0.717, 1.165) is 17.8 Å². The van der Waals surface area contributed by atoms with E-state index in [-0.39, 0.29) is 17.4 Å². The SMILES string of the molecule is Cn1c(NCc2ccc(Oc3ccc(C(F)(F)F)cn3)cc2)nc2c(F)cc(NC3COC3)cc21. The lowest BCUT2D eigenvalue weighted by molar-refractivity contribution is -0.137. The number of benzene rings is 2. The molecule has 4 aromatic rings. The van der Waals surface area contributed by atoms with Gasteiger partial charge in [0.15, 0.2) is 5.82 Å². The average molecular weight is 487 g/mol. The molecule has 0 atom stereocenters. The van der Waals surface area contributed by atoms with Crippen LogP contribution in [0.25, 0.3) is 11.0 Å². The van der Waals surface area contributed by atoms with E-state index in [9.17, 15) is 17.6 Å². The van der Waals surface area contributed by atoms with Crippen molar-refractivity contribution in [2.45, 2.75) is 18.8 Å². The van der Waals surface area contributed by atoms with Gasteiger partial charge >= 0.3 is 6.18 Å². The van der Waals surface area contributed by atoms with E-state index in [0.29, 0.717) is 42.7 Å². The Morgan fingerprint density at radius 3 is 2.51 bits per heavy atom. The fourth-order valence-electron chi connectivity index (χ4n) is 3.63. The minimum atomic E-state index is -4.45. The summed E-state index contributed by atoms with van der Waals surface area (Å²) in [7, 11) is 1.81. The van der Waals surface area contributed by atoms with Gasteiger partial charge in [-0.05, 0) is 35.9 Å². The molecule has 0 bridgehead atoms. The summed E-state index contributed by atoms with van der Waals surface area (Å²) in [6, 6.07) is 12.5. The quantitative estimate of drug-likeness (QED) is 0.343. The molecule has 0 amide bonds. The number of fused-ring (bicyclic) bond motifs is 1. The maximum absolute atomic E-state index is 14.6. The van der Waals surface area contributed by atoms with Crippen LogP contribution in [0.2, 0.25) is 0 Å². The van der Waals surface area contributed by atoms with Crippen molar-refractivity contribution in [2.24, 2.45) is 7.05 Å². The Balaban J connectivity index is 1.23. The number of halogens is 4. The Hall–Kier alpha value is -3.86. The van der Waals surface area contributed by atoms with Gasteiger partial charge in [-0.3, -0.25) is 0 Å². The summed E-state index contributed by atoms with van der Waals surface area (Å²) >= 11 is 0. The minimum absolute atomic E-state index is 0.0595. The van der Waals surface area contributed by atoms with Gasteiger partial charge in [-0.2, -0.15) is 13.2 Å². The van der Waals surface area contributed by atoms with Gasteiger partial charge in [0.05, 0.1) is 30.3 Å². The first-order valence-corrected chi connectivity index (χ1v) is 10.8. The highest BCUT2D eigenvalue weighted by molar-refractivity contribution is 5.83. The molecular formula is C24H21F4N5O2. The molecule has 3 heterocycles. The predicted octanol–water partition coefficient (Wildman–Crippen LogP) is 5.34. The van der Waals surface area contributed by atoms with E-state index >= 15 is 0 Å². The first-order chi connectivity index (χ1) is 16.8. The number of nitrogens with zero attached hydrogens (tertiary/aromatic N) is 3. The largest absolute Gasteiger partial charge is 0.439 e. The molecule has 0 aliphatic carbocycles. The first kappa shape index (κ1) is 22.9. The zero-order valence-corrected chi connectivity index (χ0v) is 18.6. The number of ether oxygens (including phenoxy) is 2. The Labute approximate surface area is 197 Å². The Bertz CT molecular complexity index is 1330. The van der Waals surface area contributed by atoms with Gasteiger partial charge in [-0.15, -0.1) is 0 Å². The van der Waals surface area contributed by atoms with E-state index in [4.69, 9.17) is 9.47 Å². The number of aryl methyl sites for hydroxylation is 1. The molecule has 2 aromatic carbocycles. The van der Waals surface area contributed by atoms with Crippen molar-refractivity contribution in [3.63, 3.8) is 0 Å². The molecule has 5 rings (SSSR count). The molecule has 2 aromatic heterocycles. The molecule has 11 heteroatoms. The van der Waals surface area contributed by atoms with Gasteiger partial charge in [-0.1, -0.05) is 12.1 Å². The van der Waals surface area contributed by atoms with Gasteiger partial charge in [0.1, 0.15) is 11.3 Å². The van der Waals surface area contributed by atoms with E-state index in [2.05, 4.69) is 20.6 Å². The van der Waals surface area contributed by atoms with E-state index < -0.39 is 17.6 Å². The van der Waals surface area contributed by atoms with Gasteiger partial charge in [0.25, 0.3) is 0 Å². The third-order valence-corrected chi connectivity index (χ3v) is 5.61. The molecular weight excluding hydrogens is 466 g/mol. The summed E-state index contributed by atoms with van der Waals surface area (Å²) in [6.07, 6.45) is -3.72. The standard InChI is InChI=1S/C24H21F4N5O2/c1-33-20-9-16(31-17-12-34-13-17)8-19(25)22(20)32-23(33)30-10-14-2-5-18(6-3-14)35-21-7-4-15(11-29-21)24(26,27)28/h2-9,11,17,31H,10,12-13H2,1H3,(H,30,32). The average Bonchev–Trinajstić information content (AvgIpc) is 3.12. The molecule has 1 aliphatic rings. The lowest BCUT2D eigenvalue weighted by atomic mass is 10.2. The molecule has 1 aliphatic heterocycles. The van der Waals surface area contributed by atoms with Gasteiger partial charge in [0.2, 0.25) is 11.8 Å². The van der Waals surface area contributed by atoms with Crippen molar-refractivity contribution in [2.75, 3.05) is 23.8 Å². The third kappa shape index (κ3) is 4.99. The lowest BCUT2D eigenvalue weighted by Crippen LogP contribution is -2.40. The number of rotatable bonds is 7. The minimum Gasteiger partial charge on any atom is -0.439 e. The van der Waals surface area contributed by atoms with Gasteiger partial charge < -0.3 is 24.7 Å². The molecule has 0 radical (unpaired) electrons. The van der Waals surface area contributed by atoms with Crippen LogP contribution in [-0.2, 0) is 24.5 Å². The first-order valence-electron chi connectivity index (χ1n) is 10.8. The van der Waals surface area contributed by atoms with Crippen molar-refractivity contribution in [3.8, 4) is 11.6 Å². The molecule has 1 saturated heterocycles. The number of anilines is 2. The highest BCUT2D eigenvalue weighted by atomic mass is 19.4. The van der Waals surface area contributed by atoms with Crippen molar-refractivity contribution in [1.29, 1.82) is 0 Å². The van der Waals surface area contributed by atoms with Crippen LogP contribution in [0.3, 0.4) is 0 Å².